The highest BCUT2D eigenvalue weighted by Gasteiger charge is 2.12. The molecule has 2 aromatic carbocycles. The summed E-state index contributed by atoms with van der Waals surface area (Å²) in [6.07, 6.45) is 3.24. The number of carbonyl (C=O) groups is 1. The molecule has 1 heterocycles. The molecule has 0 radical (unpaired) electrons. The maximum atomic E-state index is 11.9. The summed E-state index contributed by atoms with van der Waals surface area (Å²) >= 11 is 0. The molecule has 4 nitrogen and oxygen atoms in total. The highest BCUT2D eigenvalue weighted by atomic mass is 16.7. The Morgan fingerprint density at radius 2 is 2.00 bits per heavy atom. The summed E-state index contributed by atoms with van der Waals surface area (Å²) in [6.45, 7) is 2.23. The molecule has 0 aliphatic carbocycles. The van der Waals surface area contributed by atoms with Crippen molar-refractivity contribution in [3.63, 3.8) is 0 Å². The number of hydrogen-bond donors (Lipinski definition) is 1. The molecule has 21 heavy (non-hydrogen) atoms. The number of rotatable bonds is 3. The van der Waals surface area contributed by atoms with Gasteiger partial charge in [0.05, 0.1) is 0 Å². The van der Waals surface area contributed by atoms with Crippen LogP contribution in [0.5, 0.6) is 11.5 Å². The van der Waals surface area contributed by atoms with Crippen LogP contribution in [0.15, 0.2) is 48.5 Å². The van der Waals surface area contributed by atoms with Gasteiger partial charge in [-0.05, 0) is 48.4 Å². The SMILES string of the molecule is Cc1cccc(NC(=O)C=Cc2ccc3c(c2)OCO3)c1. The Bertz CT molecular complexity index is 707. The molecule has 1 N–H and O–H groups in total. The van der Waals surface area contributed by atoms with Crippen molar-refractivity contribution in [1.82, 2.24) is 0 Å². The number of nitrogens with one attached hydrogen (secondary N) is 1. The van der Waals surface area contributed by atoms with Gasteiger partial charge in [0.1, 0.15) is 0 Å². The second kappa shape index (κ2) is 5.71. The van der Waals surface area contributed by atoms with Gasteiger partial charge in [0.25, 0.3) is 0 Å². The Morgan fingerprint density at radius 3 is 2.86 bits per heavy atom. The van der Waals surface area contributed by atoms with Crippen molar-refractivity contribution in [1.29, 1.82) is 0 Å². The fraction of sp³-hybridized carbons (Fsp3) is 0.118. The summed E-state index contributed by atoms with van der Waals surface area (Å²) in [6, 6.07) is 13.2. The molecule has 0 aromatic heterocycles. The first-order valence-electron chi connectivity index (χ1n) is 6.66. The molecule has 1 aliphatic heterocycles. The van der Waals surface area contributed by atoms with Gasteiger partial charge in [-0.25, -0.2) is 0 Å². The van der Waals surface area contributed by atoms with Crippen molar-refractivity contribution in [2.75, 3.05) is 12.1 Å². The summed E-state index contributed by atoms with van der Waals surface area (Å²) in [4.78, 5) is 11.9. The molecule has 0 unspecified atom stereocenters. The smallest absolute Gasteiger partial charge is 0.248 e. The molecule has 4 heteroatoms. The summed E-state index contributed by atoms with van der Waals surface area (Å²) in [5, 5.41) is 2.82. The lowest BCUT2D eigenvalue weighted by Gasteiger charge is -2.03. The number of aryl methyl sites for hydroxylation is 1. The Labute approximate surface area is 123 Å². The van der Waals surface area contributed by atoms with E-state index >= 15 is 0 Å². The van der Waals surface area contributed by atoms with Crippen molar-refractivity contribution in [3.05, 3.63) is 59.7 Å². The van der Waals surface area contributed by atoms with Gasteiger partial charge in [-0.15, -0.1) is 0 Å². The van der Waals surface area contributed by atoms with Crippen LogP contribution in [-0.4, -0.2) is 12.7 Å². The van der Waals surface area contributed by atoms with E-state index in [1.807, 2.05) is 49.4 Å². The zero-order valence-corrected chi connectivity index (χ0v) is 11.6. The van der Waals surface area contributed by atoms with Gasteiger partial charge in [-0.2, -0.15) is 0 Å². The van der Waals surface area contributed by atoms with Crippen molar-refractivity contribution < 1.29 is 14.3 Å². The van der Waals surface area contributed by atoms with Gasteiger partial charge in [-0.3, -0.25) is 4.79 Å². The van der Waals surface area contributed by atoms with E-state index in [1.165, 1.54) is 6.08 Å². The Morgan fingerprint density at radius 1 is 1.14 bits per heavy atom. The van der Waals surface area contributed by atoms with E-state index in [9.17, 15) is 4.79 Å². The number of ether oxygens (including phenoxy) is 2. The van der Waals surface area contributed by atoms with E-state index < -0.39 is 0 Å². The zero-order valence-electron chi connectivity index (χ0n) is 11.6. The van der Waals surface area contributed by atoms with Crippen LogP contribution in [0.25, 0.3) is 6.08 Å². The number of benzene rings is 2. The molecule has 0 atom stereocenters. The lowest BCUT2D eigenvalue weighted by molar-refractivity contribution is -0.111. The fourth-order valence-corrected chi connectivity index (χ4v) is 2.10. The van der Waals surface area contributed by atoms with Crippen LogP contribution in [0.3, 0.4) is 0 Å². The molecule has 0 fully saturated rings. The molecule has 3 rings (SSSR count). The van der Waals surface area contributed by atoms with E-state index in [0.717, 1.165) is 22.6 Å². The molecule has 2 aromatic rings. The first-order chi connectivity index (χ1) is 10.2. The average Bonchev–Trinajstić information content (AvgIpc) is 2.92. The number of carbonyl (C=O) groups excluding carboxylic acids is 1. The van der Waals surface area contributed by atoms with Crippen molar-refractivity contribution in [3.8, 4) is 11.5 Å². The quantitative estimate of drug-likeness (QED) is 0.877. The Balaban J connectivity index is 1.67. The monoisotopic (exact) mass is 281 g/mol. The molecule has 0 saturated carbocycles. The number of fused-ring (bicyclic) bond motifs is 1. The minimum atomic E-state index is -0.168. The second-order valence-corrected chi connectivity index (χ2v) is 4.80. The summed E-state index contributed by atoms with van der Waals surface area (Å²) in [5.41, 5.74) is 2.78. The summed E-state index contributed by atoms with van der Waals surface area (Å²) in [5.74, 6) is 1.27. The normalized spacial score (nSPS) is 12.6. The molecule has 1 aliphatic rings. The number of amides is 1. The third-order valence-electron chi connectivity index (χ3n) is 3.11. The lowest BCUT2D eigenvalue weighted by atomic mass is 10.2. The first-order valence-corrected chi connectivity index (χ1v) is 6.66. The van der Waals surface area contributed by atoms with E-state index in [-0.39, 0.29) is 12.7 Å². The fourth-order valence-electron chi connectivity index (χ4n) is 2.10. The van der Waals surface area contributed by atoms with Crippen molar-refractivity contribution in [2.24, 2.45) is 0 Å². The standard InChI is InChI=1S/C17H15NO3/c1-12-3-2-4-14(9-12)18-17(19)8-6-13-5-7-15-16(10-13)21-11-20-15/h2-10H,11H2,1H3,(H,18,19). The van der Waals surface area contributed by atoms with Gasteiger partial charge in [0, 0.05) is 11.8 Å². The van der Waals surface area contributed by atoms with Crippen LogP contribution < -0.4 is 14.8 Å². The zero-order chi connectivity index (χ0) is 14.7. The molecule has 0 bridgehead atoms. The van der Waals surface area contributed by atoms with Crippen LogP contribution >= 0.6 is 0 Å². The Kier molecular flexibility index (Phi) is 3.60. The number of hydrogen-bond acceptors (Lipinski definition) is 3. The molecular formula is C17H15NO3. The predicted molar refractivity (Wildman–Crippen MR) is 81.4 cm³/mol. The van der Waals surface area contributed by atoms with Gasteiger partial charge in [0.15, 0.2) is 11.5 Å². The average molecular weight is 281 g/mol. The number of anilines is 1. The molecule has 0 saturated heterocycles. The third-order valence-corrected chi connectivity index (χ3v) is 3.11. The lowest BCUT2D eigenvalue weighted by Crippen LogP contribution is -2.07. The highest BCUT2D eigenvalue weighted by molar-refractivity contribution is 6.02. The van der Waals surface area contributed by atoms with Gasteiger partial charge in [0.2, 0.25) is 12.7 Å². The van der Waals surface area contributed by atoms with Crippen molar-refractivity contribution in [2.45, 2.75) is 6.92 Å². The predicted octanol–water partition coefficient (Wildman–Crippen LogP) is 3.38. The van der Waals surface area contributed by atoms with E-state index in [2.05, 4.69) is 5.32 Å². The molecule has 106 valence electrons. The van der Waals surface area contributed by atoms with Gasteiger partial charge >= 0.3 is 0 Å². The summed E-state index contributed by atoms with van der Waals surface area (Å²) < 4.78 is 10.5. The van der Waals surface area contributed by atoms with Crippen LogP contribution in [-0.2, 0) is 4.79 Å². The molecular weight excluding hydrogens is 266 g/mol. The van der Waals surface area contributed by atoms with E-state index in [0.29, 0.717) is 5.75 Å². The van der Waals surface area contributed by atoms with Crippen LogP contribution in [0.2, 0.25) is 0 Å². The summed E-state index contributed by atoms with van der Waals surface area (Å²) in [7, 11) is 0. The van der Waals surface area contributed by atoms with Gasteiger partial charge in [-0.1, -0.05) is 18.2 Å². The Hall–Kier alpha value is -2.75. The minimum absolute atomic E-state index is 0.168. The minimum Gasteiger partial charge on any atom is -0.454 e. The van der Waals surface area contributed by atoms with E-state index in [1.54, 1.807) is 6.08 Å². The topological polar surface area (TPSA) is 47.6 Å². The second-order valence-electron chi connectivity index (χ2n) is 4.80. The van der Waals surface area contributed by atoms with E-state index in [4.69, 9.17) is 9.47 Å². The van der Waals surface area contributed by atoms with Crippen LogP contribution in [0, 0.1) is 6.92 Å². The highest BCUT2D eigenvalue weighted by Crippen LogP contribution is 2.32. The van der Waals surface area contributed by atoms with Crippen molar-refractivity contribution >= 4 is 17.7 Å². The molecule has 0 spiro atoms. The molecule has 1 amide bonds. The maximum Gasteiger partial charge on any atom is 0.248 e. The maximum absolute atomic E-state index is 11.9. The largest absolute Gasteiger partial charge is 0.454 e. The van der Waals surface area contributed by atoms with Gasteiger partial charge < -0.3 is 14.8 Å². The first kappa shape index (κ1) is 13.2. The third kappa shape index (κ3) is 3.23. The van der Waals surface area contributed by atoms with Crippen LogP contribution in [0.1, 0.15) is 11.1 Å². The van der Waals surface area contributed by atoms with Crippen LogP contribution in [0.4, 0.5) is 5.69 Å².